The monoisotopic (exact) mass is 950 g/mol. The van der Waals surface area contributed by atoms with Gasteiger partial charge in [-0.05, 0) is 83.5 Å². The quantitative estimate of drug-likeness (QED) is 0.0261. The summed E-state index contributed by atoms with van der Waals surface area (Å²) in [5.74, 6) is -0.192. The van der Waals surface area contributed by atoms with Gasteiger partial charge in [0.1, 0.15) is 24.4 Å². The van der Waals surface area contributed by atoms with Crippen molar-refractivity contribution in [3.8, 4) is 0 Å². The van der Waals surface area contributed by atoms with Gasteiger partial charge >= 0.3 is 0 Å². The lowest BCUT2D eigenvalue weighted by molar-refractivity contribution is -0.302. The van der Waals surface area contributed by atoms with Crippen LogP contribution in [-0.4, -0.2) is 87.5 Å². The standard InChI is InChI=1S/C59H99NO8/c1-3-5-7-9-11-13-15-17-18-19-20-21-22-23-24-25-26-27-28-29-30-31-32-33-34-35-36-37-39-41-43-45-47-49-55(63)60-52(51-67-59-58(66)57(65)56(64)54(50-61)68-59)53(62)48-46-44-42-40-38-16-14-12-10-8-6-4-2/h5,7,11,13,17-18,20-21,23-24,26-27,29-30,32-33,46,48,52-54,56-59,61-62,64-66H,3-4,6,8-10,12,14-16,19,22,25,28,31,34-45,47,49-51H2,1-2H3,(H,60,63)/b7-5-,13-11-,18-17-,21-20-,24-23-,27-26-,30-29-,33-32-,48-46+. The molecule has 0 aromatic heterocycles. The number of aliphatic hydroxyl groups is 5. The van der Waals surface area contributed by atoms with E-state index in [1.165, 1.54) is 77.0 Å². The van der Waals surface area contributed by atoms with Gasteiger partial charge in [0.15, 0.2) is 6.29 Å². The minimum Gasteiger partial charge on any atom is -0.394 e. The molecule has 1 amide bonds. The Morgan fingerprint density at radius 3 is 1.35 bits per heavy atom. The van der Waals surface area contributed by atoms with Crippen LogP contribution in [0, 0.1) is 0 Å². The lowest BCUT2D eigenvalue weighted by Crippen LogP contribution is -2.60. The van der Waals surface area contributed by atoms with Crippen molar-refractivity contribution in [3.05, 3.63) is 109 Å². The summed E-state index contributed by atoms with van der Waals surface area (Å²) < 4.78 is 11.2. The molecule has 7 unspecified atom stereocenters. The molecule has 0 aliphatic carbocycles. The molecule has 7 atom stereocenters. The van der Waals surface area contributed by atoms with Crippen molar-refractivity contribution < 1.29 is 39.8 Å². The average molecular weight is 950 g/mol. The molecule has 1 aliphatic heterocycles. The van der Waals surface area contributed by atoms with E-state index in [2.05, 4.69) is 116 Å². The van der Waals surface area contributed by atoms with Crippen LogP contribution in [0.5, 0.6) is 0 Å². The number of carbonyl (C=O) groups is 1. The molecule has 9 heteroatoms. The van der Waals surface area contributed by atoms with Crippen LogP contribution in [0.2, 0.25) is 0 Å². The van der Waals surface area contributed by atoms with Gasteiger partial charge in [0.05, 0.1) is 25.4 Å². The zero-order chi connectivity index (χ0) is 49.4. The fraction of sp³-hybridized carbons (Fsp3) is 0.678. The Hall–Kier alpha value is -3.15. The van der Waals surface area contributed by atoms with Crippen molar-refractivity contribution in [3.63, 3.8) is 0 Å². The summed E-state index contributed by atoms with van der Waals surface area (Å²) in [6.07, 6.45) is 62.9. The summed E-state index contributed by atoms with van der Waals surface area (Å²) in [4.78, 5) is 13.0. The van der Waals surface area contributed by atoms with Crippen LogP contribution < -0.4 is 5.32 Å². The third-order valence-electron chi connectivity index (χ3n) is 12.1. The summed E-state index contributed by atoms with van der Waals surface area (Å²) in [5.41, 5.74) is 0. The van der Waals surface area contributed by atoms with E-state index in [1.807, 2.05) is 6.08 Å². The number of hydrogen-bond acceptors (Lipinski definition) is 8. The highest BCUT2D eigenvalue weighted by atomic mass is 16.7. The number of ether oxygens (including phenoxy) is 2. The van der Waals surface area contributed by atoms with E-state index in [1.54, 1.807) is 6.08 Å². The Morgan fingerprint density at radius 2 is 0.912 bits per heavy atom. The van der Waals surface area contributed by atoms with Gasteiger partial charge in [-0.15, -0.1) is 0 Å². The second-order valence-corrected chi connectivity index (χ2v) is 18.3. The van der Waals surface area contributed by atoms with Gasteiger partial charge in [0.2, 0.25) is 5.91 Å². The summed E-state index contributed by atoms with van der Waals surface area (Å²) in [7, 11) is 0. The molecule has 0 radical (unpaired) electrons. The molecular formula is C59H99NO8. The molecule has 6 N–H and O–H groups in total. The van der Waals surface area contributed by atoms with Gasteiger partial charge in [-0.25, -0.2) is 0 Å². The highest BCUT2D eigenvalue weighted by molar-refractivity contribution is 5.76. The molecule has 0 aromatic carbocycles. The number of unbranched alkanes of at least 4 members (excludes halogenated alkanes) is 18. The molecule has 388 valence electrons. The summed E-state index contributed by atoms with van der Waals surface area (Å²) in [6, 6.07) is -0.816. The zero-order valence-electron chi connectivity index (χ0n) is 42.8. The predicted octanol–water partition coefficient (Wildman–Crippen LogP) is 13.0. The van der Waals surface area contributed by atoms with Crippen molar-refractivity contribution in [1.29, 1.82) is 0 Å². The largest absolute Gasteiger partial charge is 0.394 e. The second kappa shape index (κ2) is 47.5. The van der Waals surface area contributed by atoms with Gasteiger partial charge in [-0.2, -0.15) is 0 Å². The van der Waals surface area contributed by atoms with Gasteiger partial charge in [-0.1, -0.05) is 220 Å². The van der Waals surface area contributed by atoms with Crippen molar-refractivity contribution >= 4 is 5.91 Å². The highest BCUT2D eigenvalue weighted by Crippen LogP contribution is 2.22. The lowest BCUT2D eigenvalue weighted by atomic mass is 9.99. The molecule has 0 spiro atoms. The highest BCUT2D eigenvalue weighted by Gasteiger charge is 2.44. The van der Waals surface area contributed by atoms with Crippen molar-refractivity contribution in [2.45, 2.75) is 243 Å². The number of aliphatic hydroxyl groups excluding tert-OH is 5. The molecule has 1 rings (SSSR count). The maximum atomic E-state index is 13.0. The van der Waals surface area contributed by atoms with E-state index in [0.717, 1.165) is 103 Å². The third kappa shape index (κ3) is 36.8. The van der Waals surface area contributed by atoms with Crippen LogP contribution in [0.25, 0.3) is 0 Å². The Kier molecular flexibility index (Phi) is 43.9. The van der Waals surface area contributed by atoms with E-state index >= 15 is 0 Å². The molecule has 1 aliphatic rings. The molecule has 68 heavy (non-hydrogen) atoms. The molecule has 1 heterocycles. The Balaban J connectivity index is 2.21. The fourth-order valence-corrected chi connectivity index (χ4v) is 7.82. The maximum Gasteiger partial charge on any atom is 0.220 e. The van der Waals surface area contributed by atoms with Crippen LogP contribution in [0.3, 0.4) is 0 Å². The molecule has 0 saturated carbocycles. The summed E-state index contributed by atoms with van der Waals surface area (Å²) in [6.45, 7) is 3.63. The SMILES string of the molecule is CC/C=C\C/C=C\C/C=C\C/C=C\C/C=C\C/C=C\C/C=C\C/C=C\CCCCCCCCCCC(=O)NC(COC1OC(CO)C(O)C(O)C1O)C(O)/C=C/CCCCCCCCCCCC. The van der Waals surface area contributed by atoms with Gasteiger partial charge in [0, 0.05) is 6.42 Å². The van der Waals surface area contributed by atoms with Crippen molar-refractivity contribution in [2.24, 2.45) is 0 Å². The number of hydrogen-bond donors (Lipinski definition) is 6. The molecule has 0 bridgehead atoms. The predicted molar refractivity (Wildman–Crippen MR) is 285 cm³/mol. The topological polar surface area (TPSA) is 149 Å². The van der Waals surface area contributed by atoms with E-state index in [0.29, 0.717) is 6.42 Å². The number of amides is 1. The molecule has 9 nitrogen and oxygen atoms in total. The minimum atomic E-state index is -1.57. The first kappa shape index (κ1) is 62.9. The molecule has 0 aromatic rings. The van der Waals surface area contributed by atoms with Crippen LogP contribution in [-0.2, 0) is 14.3 Å². The van der Waals surface area contributed by atoms with E-state index in [-0.39, 0.29) is 12.5 Å². The second-order valence-electron chi connectivity index (χ2n) is 18.3. The van der Waals surface area contributed by atoms with E-state index in [4.69, 9.17) is 9.47 Å². The normalized spacial score (nSPS) is 20.5. The van der Waals surface area contributed by atoms with Crippen LogP contribution >= 0.6 is 0 Å². The fourth-order valence-electron chi connectivity index (χ4n) is 7.82. The summed E-state index contributed by atoms with van der Waals surface area (Å²) in [5, 5.41) is 54.3. The molecule has 1 fully saturated rings. The number of rotatable bonds is 44. The maximum absolute atomic E-state index is 13.0. The van der Waals surface area contributed by atoms with E-state index < -0.39 is 49.5 Å². The average Bonchev–Trinajstić information content (AvgIpc) is 3.34. The number of allylic oxidation sites excluding steroid dienone is 17. The summed E-state index contributed by atoms with van der Waals surface area (Å²) >= 11 is 0. The van der Waals surface area contributed by atoms with Crippen molar-refractivity contribution in [1.82, 2.24) is 5.32 Å². The van der Waals surface area contributed by atoms with Crippen LogP contribution in [0.15, 0.2) is 109 Å². The van der Waals surface area contributed by atoms with Gasteiger partial charge in [0.25, 0.3) is 0 Å². The third-order valence-corrected chi connectivity index (χ3v) is 12.1. The zero-order valence-corrected chi connectivity index (χ0v) is 42.8. The van der Waals surface area contributed by atoms with E-state index in [9.17, 15) is 30.3 Å². The Labute approximate surface area is 415 Å². The first-order valence-electron chi connectivity index (χ1n) is 27.1. The lowest BCUT2D eigenvalue weighted by Gasteiger charge is -2.40. The van der Waals surface area contributed by atoms with Gasteiger partial charge in [-0.3, -0.25) is 4.79 Å². The van der Waals surface area contributed by atoms with Gasteiger partial charge < -0.3 is 40.3 Å². The number of carbonyl (C=O) groups excluding carboxylic acids is 1. The molecular weight excluding hydrogens is 851 g/mol. The number of nitrogens with one attached hydrogen (secondary N) is 1. The molecule has 1 saturated heterocycles. The van der Waals surface area contributed by atoms with Crippen LogP contribution in [0.4, 0.5) is 0 Å². The van der Waals surface area contributed by atoms with Crippen molar-refractivity contribution in [2.75, 3.05) is 13.2 Å². The minimum absolute atomic E-state index is 0.192. The Morgan fingerprint density at radius 1 is 0.515 bits per heavy atom. The van der Waals surface area contributed by atoms with Crippen LogP contribution in [0.1, 0.15) is 200 Å². The smallest absolute Gasteiger partial charge is 0.220 e. The first-order valence-corrected chi connectivity index (χ1v) is 27.1. The Bertz CT molecular complexity index is 1430. The first-order chi connectivity index (χ1) is 33.3.